The second-order valence-corrected chi connectivity index (χ2v) is 8.22. The summed E-state index contributed by atoms with van der Waals surface area (Å²) in [4.78, 5) is 13.1. The molecular weight excluding hydrogens is 376 g/mol. The zero-order valence-corrected chi connectivity index (χ0v) is 18.4. The summed E-state index contributed by atoms with van der Waals surface area (Å²) in [6, 6.07) is 9.36. The highest BCUT2D eigenvalue weighted by Crippen LogP contribution is 2.43. The molecule has 1 N–H and O–H groups in total. The van der Waals surface area contributed by atoms with Crippen molar-refractivity contribution in [2.24, 2.45) is 0 Å². The number of hydrogen-bond donors (Lipinski definition) is 1. The molecular formula is C26H30O4. The van der Waals surface area contributed by atoms with Crippen LogP contribution in [-0.2, 0) is 12.8 Å². The van der Waals surface area contributed by atoms with Crippen LogP contribution in [0.3, 0.4) is 0 Å². The Hall–Kier alpha value is -3.01. The lowest BCUT2D eigenvalue weighted by atomic mass is 9.90. The summed E-state index contributed by atoms with van der Waals surface area (Å²) >= 11 is 0. The molecule has 0 amide bonds. The first-order chi connectivity index (χ1) is 14.3. The molecule has 4 nitrogen and oxygen atoms in total. The molecule has 0 spiro atoms. The van der Waals surface area contributed by atoms with Gasteiger partial charge < -0.3 is 14.6 Å². The molecule has 0 aromatic heterocycles. The molecule has 4 heteroatoms. The summed E-state index contributed by atoms with van der Waals surface area (Å²) in [6.07, 6.45) is 5.09. The Bertz CT molecular complexity index is 989. The predicted octanol–water partition coefficient (Wildman–Crippen LogP) is 6.12. The molecule has 2 aromatic carbocycles. The Balaban J connectivity index is 2.06. The van der Waals surface area contributed by atoms with Gasteiger partial charge in [-0.15, -0.1) is 0 Å². The van der Waals surface area contributed by atoms with Gasteiger partial charge in [-0.2, -0.15) is 0 Å². The monoisotopic (exact) mass is 406 g/mol. The fourth-order valence-electron chi connectivity index (χ4n) is 3.55. The number of methoxy groups -OCH3 is 1. The molecule has 0 radical (unpaired) electrons. The number of phenolic OH excluding ortho intramolecular Hbond substituents is 1. The predicted molar refractivity (Wildman–Crippen MR) is 120 cm³/mol. The van der Waals surface area contributed by atoms with Gasteiger partial charge >= 0.3 is 0 Å². The molecule has 1 atom stereocenters. The van der Waals surface area contributed by atoms with E-state index in [2.05, 4.69) is 6.08 Å². The van der Waals surface area contributed by atoms with Crippen LogP contribution in [0, 0.1) is 0 Å². The smallest absolute Gasteiger partial charge is 0.170 e. The van der Waals surface area contributed by atoms with Crippen molar-refractivity contribution in [3.63, 3.8) is 0 Å². The Kier molecular flexibility index (Phi) is 6.66. The van der Waals surface area contributed by atoms with Gasteiger partial charge in [0.25, 0.3) is 0 Å². The number of allylic oxidation sites excluding steroid dienone is 4. The summed E-state index contributed by atoms with van der Waals surface area (Å²) in [5.41, 5.74) is 5.22. The third-order valence-corrected chi connectivity index (χ3v) is 5.29. The molecule has 0 aliphatic carbocycles. The number of benzene rings is 2. The summed E-state index contributed by atoms with van der Waals surface area (Å²) < 4.78 is 11.5. The Labute approximate surface area is 178 Å². The van der Waals surface area contributed by atoms with E-state index in [0.717, 1.165) is 22.4 Å². The van der Waals surface area contributed by atoms with Crippen LogP contribution in [0.5, 0.6) is 17.2 Å². The van der Waals surface area contributed by atoms with Crippen molar-refractivity contribution >= 4 is 5.78 Å². The van der Waals surface area contributed by atoms with E-state index in [9.17, 15) is 9.90 Å². The topological polar surface area (TPSA) is 55.8 Å². The van der Waals surface area contributed by atoms with Gasteiger partial charge in [-0.3, -0.25) is 4.79 Å². The van der Waals surface area contributed by atoms with Gasteiger partial charge in [-0.25, -0.2) is 0 Å². The zero-order valence-electron chi connectivity index (χ0n) is 18.4. The highest BCUT2D eigenvalue weighted by molar-refractivity contribution is 6.01. The van der Waals surface area contributed by atoms with Crippen molar-refractivity contribution in [1.82, 2.24) is 0 Å². The van der Waals surface area contributed by atoms with Gasteiger partial charge in [0.05, 0.1) is 19.1 Å². The van der Waals surface area contributed by atoms with Gasteiger partial charge in [0.2, 0.25) is 0 Å². The second-order valence-electron chi connectivity index (χ2n) is 8.22. The molecule has 2 aromatic rings. The average molecular weight is 407 g/mol. The van der Waals surface area contributed by atoms with E-state index < -0.39 is 0 Å². The quantitative estimate of drug-likeness (QED) is 0.587. The summed E-state index contributed by atoms with van der Waals surface area (Å²) in [5.74, 6) is 1.51. The highest BCUT2D eigenvalue weighted by atomic mass is 16.5. The van der Waals surface area contributed by atoms with Gasteiger partial charge in [-0.1, -0.05) is 35.4 Å². The molecule has 1 aliphatic rings. The van der Waals surface area contributed by atoms with E-state index in [-0.39, 0.29) is 24.1 Å². The van der Waals surface area contributed by atoms with Crippen molar-refractivity contribution < 1.29 is 19.4 Å². The molecule has 3 rings (SSSR count). The van der Waals surface area contributed by atoms with Crippen LogP contribution >= 0.6 is 0 Å². The van der Waals surface area contributed by atoms with E-state index in [1.165, 1.54) is 5.57 Å². The number of hydrogen-bond acceptors (Lipinski definition) is 4. The number of ketones is 1. The zero-order chi connectivity index (χ0) is 21.8. The van der Waals surface area contributed by atoms with Crippen LogP contribution in [0.1, 0.15) is 67.3 Å². The van der Waals surface area contributed by atoms with Crippen LogP contribution in [0.15, 0.2) is 53.6 Å². The number of Topliss-reactive ketones (excluding diaryl/α,β-unsaturated/α-hetero) is 1. The van der Waals surface area contributed by atoms with Gasteiger partial charge in [-0.05, 0) is 69.9 Å². The van der Waals surface area contributed by atoms with Gasteiger partial charge in [0, 0.05) is 5.56 Å². The van der Waals surface area contributed by atoms with E-state index >= 15 is 0 Å². The first-order valence-corrected chi connectivity index (χ1v) is 10.3. The van der Waals surface area contributed by atoms with Crippen LogP contribution in [-0.4, -0.2) is 18.0 Å². The van der Waals surface area contributed by atoms with Crippen LogP contribution in [0.25, 0.3) is 0 Å². The highest BCUT2D eigenvalue weighted by Gasteiger charge is 2.31. The molecule has 158 valence electrons. The minimum atomic E-state index is -0.385. The number of rotatable bonds is 6. The maximum atomic E-state index is 13.1. The largest absolute Gasteiger partial charge is 0.507 e. The van der Waals surface area contributed by atoms with E-state index in [1.54, 1.807) is 13.2 Å². The fourth-order valence-corrected chi connectivity index (χ4v) is 3.55. The SMILES string of the molecule is COc1ccc([C@@H]2CC(=O)c3cc(CC=C(C)C)c(O)c(CC=C(C)C)c3O2)cc1. The molecule has 0 saturated heterocycles. The standard InChI is InChI=1S/C26H30O4/c1-16(2)6-8-19-14-22-23(27)15-24(18-9-11-20(29-5)12-10-18)30-26(22)21(25(19)28)13-7-17(3)4/h6-7,9-12,14,24,28H,8,13,15H2,1-5H3/t24-/m0/s1. The molecule has 1 aliphatic heterocycles. The van der Waals surface area contributed by atoms with Crippen molar-refractivity contribution in [2.45, 2.75) is 53.1 Å². The molecule has 30 heavy (non-hydrogen) atoms. The Morgan fingerprint density at radius 2 is 1.73 bits per heavy atom. The van der Waals surface area contributed by atoms with E-state index in [1.807, 2.05) is 58.0 Å². The van der Waals surface area contributed by atoms with Crippen LogP contribution in [0.4, 0.5) is 0 Å². The molecule has 0 unspecified atom stereocenters. The molecule has 0 saturated carbocycles. The van der Waals surface area contributed by atoms with Crippen molar-refractivity contribution in [3.8, 4) is 17.2 Å². The number of ether oxygens (including phenoxy) is 2. The average Bonchev–Trinajstić information content (AvgIpc) is 2.71. The molecule has 1 heterocycles. The number of carbonyl (C=O) groups excluding carboxylic acids is 1. The summed E-state index contributed by atoms with van der Waals surface area (Å²) in [6.45, 7) is 8.08. The normalized spacial score (nSPS) is 15.1. The lowest BCUT2D eigenvalue weighted by Crippen LogP contribution is -2.22. The van der Waals surface area contributed by atoms with Crippen LogP contribution < -0.4 is 9.47 Å². The third kappa shape index (κ3) is 4.76. The summed E-state index contributed by atoms with van der Waals surface area (Å²) in [7, 11) is 1.62. The molecule has 0 bridgehead atoms. The Morgan fingerprint density at radius 1 is 1.10 bits per heavy atom. The van der Waals surface area contributed by atoms with Crippen molar-refractivity contribution in [3.05, 3.63) is 75.9 Å². The lowest BCUT2D eigenvalue weighted by Gasteiger charge is -2.28. The second kappa shape index (κ2) is 9.21. The lowest BCUT2D eigenvalue weighted by molar-refractivity contribution is 0.0847. The Morgan fingerprint density at radius 3 is 2.33 bits per heavy atom. The van der Waals surface area contributed by atoms with Gasteiger partial charge in [0.1, 0.15) is 23.4 Å². The minimum absolute atomic E-state index is 0.0361. The summed E-state index contributed by atoms with van der Waals surface area (Å²) in [5, 5.41) is 11.0. The number of fused-ring (bicyclic) bond motifs is 1. The maximum absolute atomic E-state index is 13.1. The maximum Gasteiger partial charge on any atom is 0.170 e. The number of phenols is 1. The fraction of sp³-hybridized carbons (Fsp3) is 0.346. The van der Waals surface area contributed by atoms with Crippen LogP contribution in [0.2, 0.25) is 0 Å². The van der Waals surface area contributed by atoms with E-state index in [4.69, 9.17) is 9.47 Å². The van der Waals surface area contributed by atoms with E-state index in [0.29, 0.717) is 29.7 Å². The van der Waals surface area contributed by atoms with Gasteiger partial charge in [0.15, 0.2) is 5.78 Å². The first kappa shape index (κ1) is 21.7. The molecule has 0 fully saturated rings. The van der Waals surface area contributed by atoms with Crippen molar-refractivity contribution in [1.29, 1.82) is 0 Å². The third-order valence-electron chi connectivity index (χ3n) is 5.29. The number of carbonyl (C=O) groups is 1. The minimum Gasteiger partial charge on any atom is -0.507 e. The number of aromatic hydroxyl groups is 1. The van der Waals surface area contributed by atoms with Crippen molar-refractivity contribution in [2.75, 3.05) is 7.11 Å². The first-order valence-electron chi connectivity index (χ1n) is 10.3.